The van der Waals surface area contributed by atoms with Gasteiger partial charge in [-0.25, -0.2) is 0 Å². The highest BCUT2D eigenvalue weighted by molar-refractivity contribution is 6.09. The molecule has 94 valence electrons. The molecule has 2 fully saturated rings. The van der Waals surface area contributed by atoms with Crippen molar-refractivity contribution in [2.24, 2.45) is 16.3 Å². The number of oxime groups is 1. The minimum Gasteiger partial charge on any atom is -0.409 e. The lowest BCUT2D eigenvalue weighted by atomic mass is 10.0. The molecular weight excluding hydrogens is 224 g/mol. The lowest BCUT2D eigenvalue weighted by Crippen LogP contribution is -2.44. The first kappa shape index (κ1) is 11.7. The van der Waals surface area contributed by atoms with E-state index < -0.39 is 5.41 Å². The van der Waals surface area contributed by atoms with Crippen molar-refractivity contribution in [1.29, 1.82) is 0 Å². The number of amidine groups is 1. The normalized spacial score (nSPS) is 23.9. The van der Waals surface area contributed by atoms with Gasteiger partial charge in [0.2, 0.25) is 11.8 Å². The molecule has 1 heterocycles. The molecule has 0 aromatic carbocycles. The minimum absolute atomic E-state index is 0.0222. The summed E-state index contributed by atoms with van der Waals surface area (Å²) in [6.07, 6.45) is 1.52. The molecule has 4 N–H and O–H groups in total. The van der Waals surface area contributed by atoms with Crippen molar-refractivity contribution in [3.63, 3.8) is 0 Å². The van der Waals surface area contributed by atoms with Crippen LogP contribution in [0.4, 0.5) is 0 Å². The maximum Gasteiger partial charge on any atom is 0.236 e. The molecule has 1 saturated heterocycles. The molecule has 0 unspecified atom stereocenters. The lowest BCUT2D eigenvalue weighted by Gasteiger charge is -2.24. The Balaban J connectivity index is 2.07. The molecule has 7 heteroatoms. The molecule has 2 aliphatic rings. The largest absolute Gasteiger partial charge is 0.409 e. The summed E-state index contributed by atoms with van der Waals surface area (Å²) in [5.41, 5.74) is 4.74. The molecule has 0 atom stereocenters. The van der Waals surface area contributed by atoms with Gasteiger partial charge in [-0.15, -0.1) is 0 Å². The predicted octanol–water partition coefficient (Wildman–Crippen LogP) is -1.14. The van der Waals surface area contributed by atoms with Gasteiger partial charge in [0.25, 0.3) is 0 Å². The van der Waals surface area contributed by atoms with E-state index in [4.69, 9.17) is 10.9 Å². The molecule has 1 saturated carbocycles. The Morgan fingerprint density at radius 3 is 2.76 bits per heavy atom. The zero-order valence-corrected chi connectivity index (χ0v) is 9.48. The van der Waals surface area contributed by atoms with Crippen molar-refractivity contribution in [3.05, 3.63) is 0 Å². The van der Waals surface area contributed by atoms with Crippen LogP contribution in [-0.2, 0) is 9.59 Å². The number of nitrogens with one attached hydrogen (secondary N) is 1. The third kappa shape index (κ3) is 2.04. The Morgan fingerprint density at radius 1 is 1.47 bits per heavy atom. The Bertz CT molecular complexity index is 376. The van der Waals surface area contributed by atoms with Crippen molar-refractivity contribution >= 4 is 17.6 Å². The zero-order valence-electron chi connectivity index (χ0n) is 9.48. The van der Waals surface area contributed by atoms with Crippen molar-refractivity contribution in [3.8, 4) is 0 Å². The van der Waals surface area contributed by atoms with Crippen LogP contribution >= 0.6 is 0 Å². The van der Waals surface area contributed by atoms with E-state index in [2.05, 4.69) is 10.5 Å². The number of hydrogen-bond donors (Lipinski definition) is 3. The van der Waals surface area contributed by atoms with Gasteiger partial charge < -0.3 is 21.2 Å². The number of nitrogens with two attached hydrogens (primary N) is 1. The molecule has 1 aliphatic carbocycles. The number of amides is 2. The van der Waals surface area contributed by atoms with E-state index in [0.29, 0.717) is 38.9 Å². The lowest BCUT2D eigenvalue weighted by molar-refractivity contribution is -0.134. The SMILES string of the molecule is NC(=NO)C1(C(=O)N2CCNC(=O)CC2)CC1. The number of carbonyl (C=O) groups is 2. The maximum atomic E-state index is 12.3. The highest BCUT2D eigenvalue weighted by Crippen LogP contribution is 2.47. The fourth-order valence-corrected chi connectivity index (χ4v) is 2.07. The van der Waals surface area contributed by atoms with Gasteiger partial charge in [0.15, 0.2) is 5.84 Å². The molecule has 0 radical (unpaired) electrons. The van der Waals surface area contributed by atoms with E-state index in [-0.39, 0.29) is 17.6 Å². The van der Waals surface area contributed by atoms with E-state index in [0.717, 1.165) is 0 Å². The summed E-state index contributed by atoms with van der Waals surface area (Å²) >= 11 is 0. The van der Waals surface area contributed by atoms with Crippen LogP contribution < -0.4 is 11.1 Å². The number of nitrogens with zero attached hydrogens (tertiary/aromatic N) is 2. The molecular formula is C10H16N4O3. The van der Waals surface area contributed by atoms with Crippen molar-refractivity contribution in [2.75, 3.05) is 19.6 Å². The summed E-state index contributed by atoms with van der Waals surface area (Å²) < 4.78 is 0. The van der Waals surface area contributed by atoms with Crippen LogP contribution in [0.1, 0.15) is 19.3 Å². The molecule has 2 amide bonds. The zero-order chi connectivity index (χ0) is 12.5. The number of rotatable bonds is 2. The first-order valence-electron chi connectivity index (χ1n) is 5.64. The van der Waals surface area contributed by atoms with Crippen LogP contribution in [0.5, 0.6) is 0 Å². The summed E-state index contributed by atoms with van der Waals surface area (Å²) in [7, 11) is 0. The topological polar surface area (TPSA) is 108 Å². The van der Waals surface area contributed by atoms with E-state index in [1.54, 1.807) is 4.90 Å². The van der Waals surface area contributed by atoms with E-state index in [1.807, 2.05) is 0 Å². The average molecular weight is 240 g/mol. The van der Waals surface area contributed by atoms with Gasteiger partial charge in [-0.1, -0.05) is 5.16 Å². The second-order valence-electron chi connectivity index (χ2n) is 4.46. The Kier molecular flexibility index (Phi) is 2.91. The summed E-state index contributed by atoms with van der Waals surface area (Å²) in [5, 5.41) is 14.3. The Morgan fingerprint density at radius 2 is 2.18 bits per heavy atom. The number of carbonyl (C=O) groups excluding carboxylic acids is 2. The monoisotopic (exact) mass is 240 g/mol. The van der Waals surface area contributed by atoms with Gasteiger partial charge in [-0.05, 0) is 12.8 Å². The first-order chi connectivity index (χ1) is 8.10. The van der Waals surface area contributed by atoms with Crippen LogP contribution in [0.25, 0.3) is 0 Å². The van der Waals surface area contributed by atoms with Gasteiger partial charge in [-0.2, -0.15) is 0 Å². The predicted molar refractivity (Wildman–Crippen MR) is 59.3 cm³/mol. The Hall–Kier alpha value is -1.79. The van der Waals surface area contributed by atoms with Crippen LogP contribution in [0.3, 0.4) is 0 Å². The third-order valence-corrected chi connectivity index (χ3v) is 3.36. The van der Waals surface area contributed by atoms with E-state index >= 15 is 0 Å². The summed E-state index contributed by atoms with van der Waals surface area (Å²) in [6, 6.07) is 0. The highest BCUT2D eigenvalue weighted by Gasteiger charge is 2.55. The average Bonchev–Trinajstić information content (AvgIpc) is 3.12. The van der Waals surface area contributed by atoms with Crippen LogP contribution in [0, 0.1) is 5.41 Å². The van der Waals surface area contributed by atoms with Gasteiger partial charge in [0, 0.05) is 26.1 Å². The van der Waals surface area contributed by atoms with Crippen molar-refractivity contribution < 1.29 is 14.8 Å². The van der Waals surface area contributed by atoms with Crippen molar-refractivity contribution in [1.82, 2.24) is 10.2 Å². The van der Waals surface area contributed by atoms with Crippen LogP contribution in [0.15, 0.2) is 5.16 Å². The van der Waals surface area contributed by atoms with Gasteiger partial charge >= 0.3 is 0 Å². The minimum atomic E-state index is -0.817. The second kappa shape index (κ2) is 4.23. The third-order valence-electron chi connectivity index (χ3n) is 3.36. The van der Waals surface area contributed by atoms with Gasteiger partial charge in [0.05, 0.1) is 0 Å². The van der Waals surface area contributed by atoms with Crippen LogP contribution in [0.2, 0.25) is 0 Å². The fourth-order valence-electron chi connectivity index (χ4n) is 2.07. The van der Waals surface area contributed by atoms with Crippen LogP contribution in [-0.4, -0.2) is 47.4 Å². The molecule has 0 bridgehead atoms. The van der Waals surface area contributed by atoms with E-state index in [9.17, 15) is 9.59 Å². The summed E-state index contributed by atoms with van der Waals surface area (Å²) in [4.78, 5) is 25.0. The second-order valence-corrected chi connectivity index (χ2v) is 4.46. The Labute approximate surface area is 98.6 Å². The first-order valence-corrected chi connectivity index (χ1v) is 5.64. The molecule has 1 aliphatic heterocycles. The standard InChI is InChI=1S/C10H16N4O3/c11-8(13-17)10(2-3-10)9(16)14-5-1-7(15)12-4-6-14/h17H,1-6H2,(H2,11,13)(H,12,15). The molecule has 0 spiro atoms. The van der Waals surface area contributed by atoms with Crippen molar-refractivity contribution in [2.45, 2.75) is 19.3 Å². The smallest absolute Gasteiger partial charge is 0.236 e. The highest BCUT2D eigenvalue weighted by atomic mass is 16.4. The molecule has 0 aromatic rings. The quantitative estimate of drug-likeness (QED) is 0.245. The summed E-state index contributed by atoms with van der Waals surface area (Å²) in [5.74, 6) is -0.204. The summed E-state index contributed by atoms with van der Waals surface area (Å²) in [6.45, 7) is 1.33. The fraction of sp³-hybridized carbons (Fsp3) is 0.700. The molecule has 2 rings (SSSR count). The molecule has 0 aromatic heterocycles. The van der Waals surface area contributed by atoms with Gasteiger partial charge in [-0.3, -0.25) is 9.59 Å². The van der Waals surface area contributed by atoms with E-state index in [1.165, 1.54) is 0 Å². The number of hydrogen-bond acceptors (Lipinski definition) is 4. The molecule has 17 heavy (non-hydrogen) atoms. The molecule has 7 nitrogen and oxygen atoms in total. The van der Waals surface area contributed by atoms with Gasteiger partial charge in [0.1, 0.15) is 5.41 Å². The maximum absolute atomic E-state index is 12.3.